The lowest BCUT2D eigenvalue weighted by atomic mass is 9.95. The van der Waals surface area contributed by atoms with Crippen molar-refractivity contribution in [1.82, 2.24) is 0 Å². The third-order valence-electron chi connectivity index (χ3n) is 2.93. The molecule has 0 unspecified atom stereocenters. The summed E-state index contributed by atoms with van der Waals surface area (Å²) in [6.45, 7) is 6.06. The predicted molar refractivity (Wildman–Crippen MR) is 63.5 cm³/mol. The van der Waals surface area contributed by atoms with Crippen LogP contribution in [0.4, 0.5) is 0 Å². The first-order valence-electron chi connectivity index (χ1n) is 5.09. The summed E-state index contributed by atoms with van der Waals surface area (Å²) in [5.74, 6) is 0. The lowest BCUT2D eigenvalue weighted by Gasteiger charge is -2.09. The monoisotopic (exact) mass is 198 g/mol. The molecule has 76 valence electrons. The smallest absolute Gasteiger partial charge is 0.150 e. The fourth-order valence-electron chi connectivity index (χ4n) is 2.05. The molecule has 0 fully saturated rings. The first kappa shape index (κ1) is 9.91. The molecule has 15 heavy (non-hydrogen) atoms. The maximum Gasteiger partial charge on any atom is 0.150 e. The number of aryl methyl sites for hydroxylation is 3. The largest absolute Gasteiger partial charge is 0.298 e. The Morgan fingerprint density at radius 2 is 1.80 bits per heavy atom. The van der Waals surface area contributed by atoms with E-state index in [1.165, 1.54) is 16.3 Å². The Balaban J connectivity index is 2.92. The van der Waals surface area contributed by atoms with Crippen molar-refractivity contribution in [2.24, 2.45) is 0 Å². The van der Waals surface area contributed by atoms with Crippen molar-refractivity contribution in [1.29, 1.82) is 0 Å². The fourth-order valence-corrected chi connectivity index (χ4v) is 2.05. The zero-order valence-electron chi connectivity index (χ0n) is 9.29. The van der Waals surface area contributed by atoms with E-state index >= 15 is 0 Å². The number of fused-ring (bicyclic) bond motifs is 1. The van der Waals surface area contributed by atoms with Crippen LogP contribution in [0.2, 0.25) is 0 Å². The maximum absolute atomic E-state index is 11.0. The maximum atomic E-state index is 11.0. The van der Waals surface area contributed by atoms with Crippen molar-refractivity contribution in [2.45, 2.75) is 20.8 Å². The predicted octanol–water partition coefficient (Wildman–Crippen LogP) is 3.58. The van der Waals surface area contributed by atoms with Gasteiger partial charge in [-0.2, -0.15) is 0 Å². The molecule has 0 radical (unpaired) electrons. The van der Waals surface area contributed by atoms with Crippen LogP contribution in [0.25, 0.3) is 10.8 Å². The van der Waals surface area contributed by atoms with Crippen molar-refractivity contribution in [3.8, 4) is 0 Å². The average molecular weight is 198 g/mol. The summed E-state index contributed by atoms with van der Waals surface area (Å²) in [4.78, 5) is 11.0. The van der Waals surface area contributed by atoms with Crippen LogP contribution < -0.4 is 0 Å². The van der Waals surface area contributed by atoms with Gasteiger partial charge in [-0.15, -0.1) is 0 Å². The second-order valence-electron chi connectivity index (χ2n) is 4.07. The SMILES string of the molecule is Cc1ccc2cc(C)c(C=O)c(C)c2c1. The van der Waals surface area contributed by atoms with Crippen molar-refractivity contribution in [2.75, 3.05) is 0 Å². The summed E-state index contributed by atoms with van der Waals surface area (Å²) in [5, 5.41) is 2.39. The molecule has 0 N–H and O–H groups in total. The van der Waals surface area contributed by atoms with Crippen LogP contribution in [0.3, 0.4) is 0 Å². The molecule has 0 bridgehead atoms. The van der Waals surface area contributed by atoms with Gasteiger partial charge in [0, 0.05) is 5.56 Å². The summed E-state index contributed by atoms with van der Waals surface area (Å²) >= 11 is 0. The zero-order chi connectivity index (χ0) is 11.0. The molecule has 0 saturated heterocycles. The van der Waals surface area contributed by atoms with Gasteiger partial charge in [0.25, 0.3) is 0 Å². The first-order valence-corrected chi connectivity index (χ1v) is 5.09. The molecular formula is C14H14O. The van der Waals surface area contributed by atoms with Gasteiger partial charge in [0.1, 0.15) is 0 Å². The average Bonchev–Trinajstić information content (AvgIpc) is 2.20. The van der Waals surface area contributed by atoms with E-state index in [0.717, 1.165) is 23.0 Å². The Bertz CT molecular complexity index is 539. The fraction of sp³-hybridized carbons (Fsp3) is 0.214. The number of rotatable bonds is 1. The summed E-state index contributed by atoms with van der Waals surface area (Å²) in [7, 11) is 0. The van der Waals surface area contributed by atoms with Crippen LogP contribution in [0, 0.1) is 20.8 Å². The van der Waals surface area contributed by atoms with Crippen molar-refractivity contribution >= 4 is 17.1 Å². The van der Waals surface area contributed by atoms with Gasteiger partial charge < -0.3 is 0 Å². The lowest BCUT2D eigenvalue weighted by molar-refractivity contribution is 0.112. The van der Waals surface area contributed by atoms with Crippen LogP contribution in [0.15, 0.2) is 24.3 Å². The summed E-state index contributed by atoms with van der Waals surface area (Å²) in [6, 6.07) is 8.42. The van der Waals surface area contributed by atoms with Crippen LogP contribution in [-0.2, 0) is 0 Å². The second kappa shape index (κ2) is 3.50. The molecule has 0 aliphatic carbocycles. The molecule has 2 rings (SSSR count). The van der Waals surface area contributed by atoms with E-state index in [1.807, 2.05) is 13.8 Å². The molecule has 1 nitrogen and oxygen atoms in total. The minimum atomic E-state index is 0.827. The highest BCUT2D eigenvalue weighted by molar-refractivity contribution is 5.94. The minimum absolute atomic E-state index is 0.827. The molecule has 0 aliphatic heterocycles. The standard InChI is InChI=1S/C14H14O/c1-9-4-5-12-7-10(2)14(8-15)11(3)13(12)6-9/h4-8H,1-3H3. The van der Waals surface area contributed by atoms with Crippen LogP contribution >= 0.6 is 0 Å². The van der Waals surface area contributed by atoms with Gasteiger partial charge in [-0.05, 0) is 42.7 Å². The second-order valence-corrected chi connectivity index (χ2v) is 4.07. The van der Waals surface area contributed by atoms with Gasteiger partial charge in [0.05, 0.1) is 0 Å². The van der Waals surface area contributed by atoms with Crippen LogP contribution in [-0.4, -0.2) is 6.29 Å². The Morgan fingerprint density at radius 1 is 1.07 bits per heavy atom. The highest BCUT2D eigenvalue weighted by Crippen LogP contribution is 2.24. The summed E-state index contributed by atoms with van der Waals surface area (Å²) in [6.07, 6.45) is 0.951. The van der Waals surface area contributed by atoms with E-state index in [-0.39, 0.29) is 0 Å². The van der Waals surface area contributed by atoms with Gasteiger partial charge in [0.2, 0.25) is 0 Å². The summed E-state index contributed by atoms with van der Waals surface area (Å²) in [5.41, 5.74) is 4.20. The normalized spacial score (nSPS) is 10.6. The Labute approximate surface area is 89.7 Å². The number of carbonyl (C=O) groups excluding carboxylic acids is 1. The lowest BCUT2D eigenvalue weighted by Crippen LogP contribution is -1.93. The minimum Gasteiger partial charge on any atom is -0.298 e. The van der Waals surface area contributed by atoms with E-state index in [1.54, 1.807) is 0 Å². The summed E-state index contributed by atoms with van der Waals surface area (Å²) < 4.78 is 0. The number of hydrogen-bond acceptors (Lipinski definition) is 1. The van der Waals surface area contributed by atoms with Gasteiger partial charge in [-0.25, -0.2) is 0 Å². The number of carbonyl (C=O) groups is 1. The molecule has 2 aromatic rings. The molecule has 0 heterocycles. The number of aldehydes is 1. The van der Waals surface area contributed by atoms with Gasteiger partial charge in [0.15, 0.2) is 6.29 Å². The zero-order valence-corrected chi connectivity index (χ0v) is 9.29. The van der Waals surface area contributed by atoms with E-state index in [4.69, 9.17) is 0 Å². The van der Waals surface area contributed by atoms with E-state index in [2.05, 4.69) is 31.2 Å². The molecule has 0 spiro atoms. The Kier molecular flexibility index (Phi) is 2.31. The first-order chi connectivity index (χ1) is 7.13. The molecule has 1 heteroatoms. The van der Waals surface area contributed by atoms with Crippen LogP contribution in [0.1, 0.15) is 27.0 Å². The van der Waals surface area contributed by atoms with Gasteiger partial charge in [-0.1, -0.05) is 29.8 Å². The third-order valence-corrected chi connectivity index (χ3v) is 2.93. The van der Waals surface area contributed by atoms with Gasteiger partial charge in [-0.3, -0.25) is 4.79 Å². The van der Waals surface area contributed by atoms with Crippen LogP contribution in [0.5, 0.6) is 0 Å². The van der Waals surface area contributed by atoms with E-state index in [0.29, 0.717) is 0 Å². The molecule has 2 aromatic carbocycles. The van der Waals surface area contributed by atoms with Crippen molar-refractivity contribution < 1.29 is 4.79 Å². The topological polar surface area (TPSA) is 17.1 Å². The van der Waals surface area contributed by atoms with E-state index < -0.39 is 0 Å². The molecule has 0 aromatic heterocycles. The molecular weight excluding hydrogens is 184 g/mol. The van der Waals surface area contributed by atoms with Crippen molar-refractivity contribution in [3.63, 3.8) is 0 Å². The Morgan fingerprint density at radius 3 is 2.47 bits per heavy atom. The highest BCUT2D eigenvalue weighted by atomic mass is 16.1. The van der Waals surface area contributed by atoms with E-state index in [9.17, 15) is 4.79 Å². The van der Waals surface area contributed by atoms with Crippen molar-refractivity contribution in [3.05, 3.63) is 46.5 Å². The molecule has 0 atom stereocenters. The highest BCUT2D eigenvalue weighted by Gasteiger charge is 2.06. The molecule has 0 amide bonds. The number of hydrogen-bond donors (Lipinski definition) is 0. The molecule has 0 saturated carbocycles. The molecule has 0 aliphatic rings. The quantitative estimate of drug-likeness (QED) is 0.640. The number of benzene rings is 2. The van der Waals surface area contributed by atoms with Gasteiger partial charge >= 0.3 is 0 Å². The Hall–Kier alpha value is -1.63. The third kappa shape index (κ3) is 1.54.